The average Bonchev–Trinajstić information content (AvgIpc) is 3.35. The molecule has 3 fully saturated rings. The Labute approximate surface area is 186 Å². The van der Waals surface area contributed by atoms with E-state index in [4.69, 9.17) is 21.1 Å². The van der Waals surface area contributed by atoms with Crippen molar-refractivity contribution < 1.29 is 18.3 Å². The summed E-state index contributed by atoms with van der Waals surface area (Å²) in [5, 5.41) is 0.142. The van der Waals surface area contributed by atoms with E-state index in [-0.39, 0.29) is 40.2 Å². The number of pyridine rings is 1. The molecule has 5 heterocycles. The Morgan fingerprint density at radius 3 is 2.72 bits per heavy atom. The van der Waals surface area contributed by atoms with E-state index in [2.05, 4.69) is 14.9 Å². The van der Waals surface area contributed by atoms with E-state index in [0.717, 1.165) is 37.3 Å². The summed E-state index contributed by atoms with van der Waals surface area (Å²) < 4.78 is 41.6. The molecular formula is C22H17ClF2N4O3. The van der Waals surface area contributed by atoms with Crippen LogP contribution in [0.15, 0.2) is 41.3 Å². The third-order valence-corrected chi connectivity index (χ3v) is 6.61. The Balaban J connectivity index is 1.20. The monoisotopic (exact) mass is 458 g/mol. The predicted octanol–water partition coefficient (Wildman–Crippen LogP) is 3.92. The number of hydrogen-bond donors (Lipinski definition) is 0. The number of aromatic nitrogens is 3. The number of hydrogen-bond acceptors (Lipinski definition) is 6. The third kappa shape index (κ3) is 3.02. The van der Waals surface area contributed by atoms with Crippen molar-refractivity contribution in [3.05, 3.63) is 69.4 Å². The highest BCUT2D eigenvalue weighted by Gasteiger charge is 2.60. The van der Waals surface area contributed by atoms with Gasteiger partial charge in [-0.15, -0.1) is 0 Å². The number of fused-ring (bicyclic) bond motifs is 1. The Morgan fingerprint density at radius 1 is 1.19 bits per heavy atom. The fourth-order valence-corrected chi connectivity index (χ4v) is 5.26. The summed E-state index contributed by atoms with van der Waals surface area (Å²) >= 11 is 5.77. The maximum atomic E-state index is 14.5. The molecule has 0 radical (unpaired) electrons. The molecule has 10 heteroatoms. The van der Waals surface area contributed by atoms with Gasteiger partial charge < -0.3 is 14.4 Å². The first kappa shape index (κ1) is 19.5. The molecule has 2 saturated heterocycles. The number of nitrogens with zero attached hydrogens (tertiary/aromatic N) is 4. The molecule has 1 spiro atoms. The van der Waals surface area contributed by atoms with Gasteiger partial charge in [0.05, 0.1) is 12.1 Å². The zero-order chi connectivity index (χ0) is 22.0. The van der Waals surface area contributed by atoms with Gasteiger partial charge in [-0.3, -0.25) is 4.57 Å². The van der Waals surface area contributed by atoms with Crippen LogP contribution in [0.2, 0.25) is 5.15 Å². The van der Waals surface area contributed by atoms with Gasteiger partial charge in [0.1, 0.15) is 23.3 Å². The molecule has 0 amide bonds. The van der Waals surface area contributed by atoms with Gasteiger partial charge >= 0.3 is 5.69 Å². The van der Waals surface area contributed by atoms with Crippen molar-refractivity contribution in [3.63, 3.8) is 0 Å². The van der Waals surface area contributed by atoms with Crippen LogP contribution in [0.4, 0.5) is 14.6 Å². The van der Waals surface area contributed by atoms with E-state index >= 15 is 0 Å². The summed E-state index contributed by atoms with van der Waals surface area (Å²) in [6.45, 7) is 1.44. The molecule has 7 nitrogen and oxygen atoms in total. The molecule has 1 saturated carbocycles. The standard InChI is InChI=1S/C22H17ClF2N4O3/c23-17-5-14(1-2-26-17)32-20-15(24)3-12(4-16(20)25)10-31-18-6-19-28(21(30)27-18)11-22-7-13(8-22)9-29(19)22/h1-6,13H,7-11H2. The highest BCUT2D eigenvalue weighted by molar-refractivity contribution is 6.29. The largest absolute Gasteiger partial charge is 0.473 e. The lowest BCUT2D eigenvalue weighted by molar-refractivity contribution is 0.229. The summed E-state index contributed by atoms with van der Waals surface area (Å²) in [7, 11) is 0. The Kier molecular flexibility index (Phi) is 4.20. The topological polar surface area (TPSA) is 69.5 Å². The summed E-state index contributed by atoms with van der Waals surface area (Å²) in [6.07, 6.45) is 3.57. The average molecular weight is 459 g/mol. The van der Waals surface area contributed by atoms with Gasteiger partial charge in [0.2, 0.25) is 5.88 Å². The normalized spacial score (nSPS) is 22.3. The van der Waals surface area contributed by atoms with E-state index in [9.17, 15) is 13.6 Å². The lowest BCUT2D eigenvalue weighted by atomic mass is 9.74. The van der Waals surface area contributed by atoms with Crippen LogP contribution in [0.5, 0.6) is 17.4 Å². The molecule has 3 aliphatic heterocycles. The maximum Gasteiger partial charge on any atom is 0.352 e. The summed E-state index contributed by atoms with van der Waals surface area (Å²) in [4.78, 5) is 22.5. The van der Waals surface area contributed by atoms with Gasteiger partial charge in [-0.25, -0.2) is 18.6 Å². The maximum absolute atomic E-state index is 14.5. The van der Waals surface area contributed by atoms with Gasteiger partial charge in [0, 0.05) is 24.9 Å². The molecule has 164 valence electrons. The van der Waals surface area contributed by atoms with Crippen molar-refractivity contribution in [2.45, 2.75) is 31.5 Å². The first-order chi connectivity index (χ1) is 15.4. The first-order valence-electron chi connectivity index (χ1n) is 10.2. The Hall–Kier alpha value is -3.20. The molecule has 0 atom stereocenters. The number of halogens is 3. The van der Waals surface area contributed by atoms with Crippen LogP contribution in [0, 0.1) is 17.6 Å². The molecule has 3 aromatic rings. The molecule has 2 aromatic heterocycles. The second-order valence-corrected chi connectivity index (χ2v) is 8.91. The molecule has 7 rings (SSSR count). The molecule has 0 unspecified atom stereocenters. The van der Waals surface area contributed by atoms with Crippen molar-refractivity contribution in [1.29, 1.82) is 0 Å². The van der Waals surface area contributed by atoms with Crippen LogP contribution in [-0.4, -0.2) is 26.6 Å². The van der Waals surface area contributed by atoms with Crippen molar-refractivity contribution in [3.8, 4) is 17.4 Å². The first-order valence-corrected chi connectivity index (χ1v) is 10.6. The molecule has 1 aliphatic carbocycles. The number of rotatable bonds is 5. The van der Waals surface area contributed by atoms with Crippen LogP contribution in [0.3, 0.4) is 0 Å². The molecular weight excluding hydrogens is 442 g/mol. The number of anilines is 1. The molecule has 1 aromatic carbocycles. The van der Waals surface area contributed by atoms with E-state index in [0.29, 0.717) is 12.5 Å². The molecule has 0 N–H and O–H groups in total. The summed E-state index contributed by atoms with van der Waals surface area (Å²) in [5.41, 5.74) is -0.0811. The number of benzene rings is 1. The van der Waals surface area contributed by atoms with Crippen LogP contribution >= 0.6 is 11.6 Å². The lowest BCUT2D eigenvalue weighted by Crippen LogP contribution is -2.44. The summed E-state index contributed by atoms with van der Waals surface area (Å²) in [6, 6.07) is 6.75. The lowest BCUT2D eigenvalue weighted by Gasteiger charge is -2.37. The van der Waals surface area contributed by atoms with Crippen molar-refractivity contribution >= 4 is 17.4 Å². The second-order valence-electron chi connectivity index (χ2n) is 8.52. The molecule has 2 bridgehead atoms. The van der Waals surface area contributed by atoms with Gasteiger partial charge in [-0.2, -0.15) is 4.98 Å². The van der Waals surface area contributed by atoms with Crippen LogP contribution < -0.4 is 20.1 Å². The highest BCUT2D eigenvalue weighted by atomic mass is 35.5. The minimum absolute atomic E-state index is 0.0538. The van der Waals surface area contributed by atoms with Crippen LogP contribution in [0.25, 0.3) is 0 Å². The highest BCUT2D eigenvalue weighted by Crippen LogP contribution is 2.56. The molecule has 32 heavy (non-hydrogen) atoms. The Morgan fingerprint density at radius 2 is 1.97 bits per heavy atom. The Bertz CT molecular complexity index is 1290. The fraction of sp³-hybridized carbons (Fsp3) is 0.318. The molecule has 4 aliphatic rings. The second kappa shape index (κ2) is 6.90. The number of ether oxygens (including phenoxy) is 2. The SMILES string of the molecule is O=c1nc(OCc2cc(F)c(Oc3ccnc(Cl)c3)c(F)c2)cc2n1CC13CC(CN21)C3. The van der Waals surface area contributed by atoms with E-state index in [1.54, 1.807) is 10.6 Å². The minimum Gasteiger partial charge on any atom is -0.473 e. The third-order valence-electron chi connectivity index (χ3n) is 6.41. The van der Waals surface area contributed by atoms with Crippen molar-refractivity contribution in [1.82, 2.24) is 14.5 Å². The van der Waals surface area contributed by atoms with Crippen molar-refractivity contribution in [2.24, 2.45) is 5.92 Å². The zero-order valence-corrected chi connectivity index (χ0v) is 17.5. The van der Waals surface area contributed by atoms with E-state index in [1.165, 1.54) is 18.3 Å². The fourth-order valence-electron chi connectivity index (χ4n) is 5.10. The van der Waals surface area contributed by atoms with Crippen LogP contribution in [-0.2, 0) is 13.2 Å². The minimum atomic E-state index is -0.891. The van der Waals surface area contributed by atoms with E-state index < -0.39 is 17.4 Å². The summed E-state index contributed by atoms with van der Waals surface area (Å²) in [5.74, 6) is -0.552. The van der Waals surface area contributed by atoms with Gasteiger partial charge in [-0.1, -0.05) is 11.6 Å². The quantitative estimate of drug-likeness (QED) is 0.540. The smallest absolute Gasteiger partial charge is 0.352 e. The predicted molar refractivity (Wildman–Crippen MR) is 111 cm³/mol. The van der Waals surface area contributed by atoms with Crippen LogP contribution in [0.1, 0.15) is 18.4 Å². The van der Waals surface area contributed by atoms with Gasteiger partial charge in [0.15, 0.2) is 17.4 Å². The van der Waals surface area contributed by atoms with Gasteiger partial charge in [-0.05, 0) is 42.5 Å². The van der Waals surface area contributed by atoms with Gasteiger partial charge in [0.25, 0.3) is 0 Å². The zero-order valence-electron chi connectivity index (χ0n) is 16.7. The van der Waals surface area contributed by atoms with Crippen molar-refractivity contribution in [2.75, 3.05) is 11.4 Å². The van der Waals surface area contributed by atoms with E-state index in [1.807, 2.05) is 0 Å².